The minimum Gasteiger partial charge on any atom is -0.367 e. The number of anilines is 2. The molecule has 15 heteroatoms. The molecule has 2 heterocycles. The average molecular weight is 707 g/mol. The van der Waals surface area contributed by atoms with Gasteiger partial charge in [-0.1, -0.05) is 53.5 Å². The molecule has 0 spiro atoms. The number of nitrogens with zero attached hydrogens (tertiary/aromatic N) is 4. The highest BCUT2D eigenvalue weighted by atomic mass is 35.5. The fraction of sp³-hybridized carbons (Fsp3) is 0.273. The normalized spacial score (nSPS) is 19.1. The summed E-state index contributed by atoms with van der Waals surface area (Å²) in [5.41, 5.74) is -3.56. The van der Waals surface area contributed by atoms with Crippen LogP contribution in [0, 0.1) is 43.5 Å². The number of nitro groups is 2. The summed E-state index contributed by atoms with van der Waals surface area (Å²) in [6, 6.07) is 11.4. The van der Waals surface area contributed by atoms with Gasteiger partial charge in [-0.25, -0.2) is 22.0 Å². The van der Waals surface area contributed by atoms with Gasteiger partial charge in [-0.3, -0.25) is 20.2 Å². The van der Waals surface area contributed by atoms with E-state index in [9.17, 15) is 20.2 Å². The maximum Gasteiger partial charge on any atom is 0.288 e. The van der Waals surface area contributed by atoms with Crippen molar-refractivity contribution in [2.45, 2.75) is 43.4 Å². The SMILES string of the molecule is O=[N+]([O-])c1cc(C2CCC(c3cc([N+](=O)[O-])c(Cl)cc3F)N2c2cc(F)c(N3CCC(F)(c4ccccc4)CC3)c(F)c2)c(F)cc1Cl. The van der Waals surface area contributed by atoms with E-state index in [2.05, 4.69) is 0 Å². The molecule has 2 atom stereocenters. The van der Waals surface area contributed by atoms with Crippen LogP contribution in [0.1, 0.15) is 54.5 Å². The van der Waals surface area contributed by atoms with Gasteiger partial charge in [0.2, 0.25) is 0 Å². The van der Waals surface area contributed by atoms with Gasteiger partial charge in [0.25, 0.3) is 11.4 Å². The summed E-state index contributed by atoms with van der Waals surface area (Å²) in [5, 5.41) is 22.3. The Morgan fingerprint density at radius 1 is 0.708 bits per heavy atom. The van der Waals surface area contributed by atoms with E-state index < -0.39 is 78.0 Å². The van der Waals surface area contributed by atoms with Crippen molar-refractivity contribution < 1.29 is 31.8 Å². The summed E-state index contributed by atoms with van der Waals surface area (Å²) < 4.78 is 78.5. The van der Waals surface area contributed by atoms with E-state index in [0.717, 1.165) is 36.4 Å². The Balaban J connectivity index is 1.42. The van der Waals surface area contributed by atoms with Crippen LogP contribution in [0.3, 0.4) is 0 Å². The molecule has 2 saturated heterocycles. The maximum atomic E-state index is 16.0. The molecule has 0 N–H and O–H groups in total. The molecular formula is C33H25Cl2F5N4O4. The molecule has 2 unspecified atom stereocenters. The molecule has 2 aliphatic rings. The Labute approximate surface area is 280 Å². The highest BCUT2D eigenvalue weighted by molar-refractivity contribution is 6.33. The van der Waals surface area contributed by atoms with Crippen molar-refractivity contribution in [3.63, 3.8) is 0 Å². The molecule has 0 amide bonds. The molecule has 8 nitrogen and oxygen atoms in total. The van der Waals surface area contributed by atoms with Crippen LogP contribution < -0.4 is 9.80 Å². The van der Waals surface area contributed by atoms with Crippen molar-refractivity contribution in [2.24, 2.45) is 0 Å². The molecule has 250 valence electrons. The number of alkyl halides is 1. The monoisotopic (exact) mass is 706 g/mol. The Bertz CT molecular complexity index is 1830. The Kier molecular flexibility index (Phi) is 8.94. The van der Waals surface area contributed by atoms with E-state index in [4.69, 9.17) is 23.2 Å². The smallest absolute Gasteiger partial charge is 0.288 e. The highest BCUT2D eigenvalue weighted by Crippen LogP contribution is 2.51. The topological polar surface area (TPSA) is 92.8 Å². The predicted octanol–water partition coefficient (Wildman–Crippen LogP) is 9.91. The van der Waals surface area contributed by atoms with Gasteiger partial charge in [-0.2, -0.15) is 0 Å². The molecular weight excluding hydrogens is 682 g/mol. The zero-order valence-corrected chi connectivity index (χ0v) is 26.3. The van der Waals surface area contributed by atoms with Crippen LogP contribution in [0.4, 0.5) is 44.7 Å². The number of hydrogen-bond acceptors (Lipinski definition) is 6. The number of hydrogen-bond donors (Lipinski definition) is 0. The van der Waals surface area contributed by atoms with Gasteiger partial charge in [0.15, 0.2) is 11.6 Å². The van der Waals surface area contributed by atoms with Gasteiger partial charge < -0.3 is 9.80 Å². The average Bonchev–Trinajstić information content (AvgIpc) is 3.46. The van der Waals surface area contributed by atoms with Crippen LogP contribution in [0.15, 0.2) is 66.7 Å². The first kappa shape index (κ1) is 33.4. The number of piperidine rings is 1. The Morgan fingerprint density at radius 2 is 1.17 bits per heavy atom. The van der Waals surface area contributed by atoms with Crippen LogP contribution >= 0.6 is 23.2 Å². The summed E-state index contributed by atoms with van der Waals surface area (Å²) in [5.74, 6) is -3.98. The van der Waals surface area contributed by atoms with Gasteiger partial charge in [-0.05, 0) is 42.7 Å². The molecule has 48 heavy (non-hydrogen) atoms. The largest absolute Gasteiger partial charge is 0.367 e. The van der Waals surface area contributed by atoms with Crippen molar-refractivity contribution in [2.75, 3.05) is 22.9 Å². The summed E-state index contributed by atoms with van der Waals surface area (Å²) in [4.78, 5) is 24.3. The second-order valence-corrected chi connectivity index (χ2v) is 12.6. The van der Waals surface area contributed by atoms with Crippen LogP contribution in [-0.2, 0) is 5.67 Å². The molecule has 2 fully saturated rings. The third-order valence-corrected chi connectivity index (χ3v) is 9.70. The molecule has 0 saturated carbocycles. The molecule has 0 aromatic heterocycles. The summed E-state index contributed by atoms with van der Waals surface area (Å²) in [6.07, 6.45) is -0.0504. The van der Waals surface area contributed by atoms with Crippen molar-refractivity contribution in [1.29, 1.82) is 0 Å². The number of benzene rings is 4. The lowest BCUT2D eigenvalue weighted by Crippen LogP contribution is -2.41. The molecule has 0 bridgehead atoms. The maximum absolute atomic E-state index is 16.0. The summed E-state index contributed by atoms with van der Waals surface area (Å²) in [7, 11) is 0. The predicted molar refractivity (Wildman–Crippen MR) is 170 cm³/mol. The van der Waals surface area contributed by atoms with Crippen LogP contribution in [0.5, 0.6) is 0 Å². The first-order chi connectivity index (χ1) is 22.8. The minimum atomic E-state index is -1.68. The van der Waals surface area contributed by atoms with Gasteiger partial charge in [0.1, 0.15) is 33.0 Å². The van der Waals surface area contributed by atoms with E-state index in [1.54, 1.807) is 30.3 Å². The number of halogens is 7. The summed E-state index contributed by atoms with van der Waals surface area (Å²) in [6.45, 7) is -0.0142. The standard InChI is InChI=1S/C33H25Cl2F5N4O4/c34-22-16-24(36)20(14-30(22)43(45)46)28-6-7-29(21-15-31(44(47)48)23(35)17-25(21)37)42(28)19-12-26(38)32(27(39)13-19)41-10-8-33(40,9-11-41)18-4-2-1-3-5-18/h1-5,12-17,28-29H,6-11H2. The lowest BCUT2D eigenvalue weighted by Gasteiger charge is -2.38. The highest BCUT2D eigenvalue weighted by Gasteiger charge is 2.42. The van der Waals surface area contributed by atoms with E-state index in [1.165, 1.54) is 9.80 Å². The van der Waals surface area contributed by atoms with E-state index in [1.807, 2.05) is 0 Å². The van der Waals surface area contributed by atoms with Crippen LogP contribution in [0.2, 0.25) is 10.0 Å². The van der Waals surface area contributed by atoms with Crippen molar-refractivity contribution in [3.05, 3.63) is 137 Å². The van der Waals surface area contributed by atoms with Gasteiger partial charge in [0.05, 0.1) is 21.9 Å². The zero-order chi connectivity index (χ0) is 34.5. The molecule has 0 radical (unpaired) electrons. The molecule has 2 aliphatic heterocycles. The van der Waals surface area contributed by atoms with Crippen molar-refractivity contribution in [3.8, 4) is 0 Å². The van der Waals surface area contributed by atoms with Crippen molar-refractivity contribution >= 4 is 46.0 Å². The first-order valence-electron chi connectivity index (χ1n) is 14.8. The van der Waals surface area contributed by atoms with Crippen molar-refractivity contribution in [1.82, 2.24) is 0 Å². The minimum absolute atomic E-state index is 0.00538. The van der Waals surface area contributed by atoms with Crippen LogP contribution in [0.25, 0.3) is 0 Å². The molecule has 6 rings (SSSR count). The third-order valence-electron chi connectivity index (χ3n) is 9.09. The van der Waals surface area contributed by atoms with Gasteiger partial charge >= 0.3 is 0 Å². The van der Waals surface area contributed by atoms with E-state index in [0.29, 0.717) is 5.56 Å². The fourth-order valence-corrected chi connectivity index (χ4v) is 7.23. The Hall–Kier alpha value is -4.49. The third kappa shape index (κ3) is 6.00. The molecule has 4 aromatic rings. The number of nitro benzene ring substituents is 2. The van der Waals surface area contributed by atoms with E-state index in [-0.39, 0.29) is 55.6 Å². The lowest BCUT2D eigenvalue weighted by atomic mass is 9.86. The van der Waals surface area contributed by atoms with Gasteiger partial charge in [-0.15, -0.1) is 0 Å². The molecule has 4 aromatic carbocycles. The molecule has 0 aliphatic carbocycles. The summed E-state index contributed by atoms with van der Waals surface area (Å²) >= 11 is 11.8. The lowest BCUT2D eigenvalue weighted by molar-refractivity contribution is -0.384. The van der Waals surface area contributed by atoms with Gasteiger partial charge in [0, 0.05) is 54.9 Å². The zero-order valence-electron chi connectivity index (χ0n) is 24.8. The quantitative estimate of drug-likeness (QED) is 0.108. The fourth-order valence-electron chi connectivity index (χ4n) is 6.79. The first-order valence-corrected chi connectivity index (χ1v) is 15.6. The Morgan fingerprint density at radius 3 is 1.60 bits per heavy atom. The van der Waals surface area contributed by atoms with E-state index >= 15 is 22.0 Å². The number of rotatable bonds is 7. The second kappa shape index (κ2) is 12.8. The second-order valence-electron chi connectivity index (χ2n) is 11.8. The van der Waals surface area contributed by atoms with Crippen LogP contribution in [-0.4, -0.2) is 22.9 Å².